The molecule has 0 fully saturated rings. The number of benzene rings is 3. The van der Waals surface area contributed by atoms with Gasteiger partial charge in [-0.2, -0.15) is 0 Å². The molecule has 0 spiro atoms. The van der Waals surface area contributed by atoms with E-state index in [1.807, 2.05) is 39.0 Å². The van der Waals surface area contributed by atoms with Crippen LogP contribution in [0.1, 0.15) is 53.5 Å². The van der Waals surface area contributed by atoms with E-state index in [-0.39, 0.29) is 24.5 Å². The summed E-state index contributed by atoms with van der Waals surface area (Å²) in [4.78, 5) is 24.3. The Kier molecular flexibility index (Phi) is 11.7. The summed E-state index contributed by atoms with van der Waals surface area (Å²) in [5.74, 6) is 0.0957. The number of aliphatic carboxylic acids is 1. The Morgan fingerprint density at radius 1 is 1.04 bits per heavy atom. The predicted octanol–water partition coefficient (Wildman–Crippen LogP) is 4.56. The van der Waals surface area contributed by atoms with Crippen molar-refractivity contribution < 1.29 is 39.5 Å². The van der Waals surface area contributed by atoms with Gasteiger partial charge in [-0.25, -0.2) is 0 Å². The van der Waals surface area contributed by atoms with Crippen molar-refractivity contribution in [3.05, 3.63) is 93.6 Å². The van der Waals surface area contributed by atoms with Gasteiger partial charge in [0.15, 0.2) is 0 Å². The summed E-state index contributed by atoms with van der Waals surface area (Å²) in [7, 11) is 1.54. The SMILES string of the molecule is CC(C)(C)NCC(O)COc1cccc2c1C[C@H](O)[C@H](O)C2.COc1ccc2c(c1)c(CC(=O)O)c(C)n2C(=O)c1ccc(Cl)cc1. The van der Waals surface area contributed by atoms with Crippen LogP contribution in [-0.2, 0) is 24.1 Å². The lowest BCUT2D eigenvalue weighted by Crippen LogP contribution is -2.42. The molecule has 1 aromatic heterocycles. The molecular weight excluding hydrogens is 624 g/mol. The van der Waals surface area contributed by atoms with Gasteiger partial charge in [0.25, 0.3) is 5.91 Å². The maximum absolute atomic E-state index is 13.0. The molecule has 0 saturated heterocycles. The molecule has 0 saturated carbocycles. The zero-order chi connectivity index (χ0) is 34.5. The number of aliphatic hydroxyl groups excluding tert-OH is 3. The number of aromatic nitrogens is 1. The standard InChI is InChI=1S/C19H16ClNO4.C17H27NO4/c1-11-15(10-18(22)23)16-9-14(25-2)7-8-17(16)21(11)19(24)12-3-5-13(20)6-4-12;1-17(2,3)18-9-12(19)10-22-16-6-4-5-11-7-14(20)15(21)8-13(11)16/h3-9H,10H2,1-2H3,(H,22,23);4-6,12,14-15,18-21H,7-10H2,1-3H3/t;12?,14-,15+/m.1/s1. The molecule has 4 aromatic rings. The number of rotatable bonds is 9. The Balaban J connectivity index is 0.000000215. The first kappa shape index (κ1) is 35.9. The number of fused-ring (bicyclic) bond motifs is 2. The van der Waals surface area contributed by atoms with Crippen LogP contribution in [-0.4, -0.2) is 81.0 Å². The van der Waals surface area contributed by atoms with Gasteiger partial charge in [0, 0.05) is 52.2 Å². The van der Waals surface area contributed by atoms with Gasteiger partial charge in [-0.3, -0.25) is 14.2 Å². The Morgan fingerprint density at radius 2 is 1.72 bits per heavy atom. The molecule has 5 N–H and O–H groups in total. The molecule has 5 rings (SSSR count). The van der Waals surface area contributed by atoms with Crippen molar-refractivity contribution >= 4 is 34.4 Å². The molecular formula is C36H43ClN2O8. The van der Waals surface area contributed by atoms with Gasteiger partial charge in [-0.15, -0.1) is 0 Å². The number of β-amino-alcohol motifs (C(OH)–C–C–N with tert-alkyl or cyclic N) is 1. The van der Waals surface area contributed by atoms with E-state index >= 15 is 0 Å². The molecule has 10 nitrogen and oxygen atoms in total. The lowest BCUT2D eigenvalue weighted by Gasteiger charge is -2.28. The number of carboxylic acids is 1. The lowest BCUT2D eigenvalue weighted by molar-refractivity contribution is -0.136. The van der Waals surface area contributed by atoms with E-state index in [1.165, 1.54) is 4.57 Å². The number of carbonyl (C=O) groups is 2. The van der Waals surface area contributed by atoms with Crippen molar-refractivity contribution in [3.63, 3.8) is 0 Å². The van der Waals surface area contributed by atoms with Crippen LogP contribution in [0, 0.1) is 6.92 Å². The van der Waals surface area contributed by atoms with E-state index in [0.717, 1.165) is 11.1 Å². The number of carboxylic acid groups (broad SMARTS) is 1. The number of halogens is 1. The molecule has 0 bridgehead atoms. The van der Waals surface area contributed by atoms with E-state index in [1.54, 1.807) is 56.5 Å². The van der Waals surface area contributed by atoms with Gasteiger partial charge in [0.2, 0.25) is 0 Å². The van der Waals surface area contributed by atoms with Gasteiger partial charge < -0.3 is 35.2 Å². The fraction of sp³-hybridized carbons (Fsp3) is 0.389. The van der Waals surface area contributed by atoms with Gasteiger partial charge >= 0.3 is 5.97 Å². The number of nitrogens with zero attached hydrogens (tertiary/aromatic N) is 1. The van der Waals surface area contributed by atoms with Gasteiger partial charge in [-0.1, -0.05) is 23.7 Å². The first-order valence-corrected chi connectivity index (χ1v) is 15.8. The number of methoxy groups -OCH3 is 1. The van der Waals surface area contributed by atoms with E-state index in [2.05, 4.69) is 5.32 Å². The lowest BCUT2D eigenvalue weighted by atomic mass is 9.87. The average molecular weight is 667 g/mol. The Hall–Kier alpha value is -3.93. The van der Waals surface area contributed by atoms with E-state index in [0.29, 0.717) is 63.6 Å². The topological polar surface area (TPSA) is 150 Å². The monoisotopic (exact) mass is 666 g/mol. The molecule has 0 amide bonds. The van der Waals surface area contributed by atoms with Crippen LogP contribution in [0.3, 0.4) is 0 Å². The fourth-order valence-electron chi connectivity index (χ4n) is 5.49. The number of aliphatic hydroxyl groups is 3. The van der Waals surface area contributed by atoms with Crippen molar-refractivity contribution in [2.45, 2.75) is 70.8 Å². The van der Waals surface area contributed by atoms with Gasteiger partial charge in [0.1, 0.15) is 24.2 Å². The normalized spacial score (nSPS) is 16.5. The minimum atomic E-state index is -0.955. The van der Waals surface area contributed by atoms with Gasteiger partial charge in [0.05, 0.1) is 31.3 Å². The number of carbonyl (C=O) groups excluding carboxylic acids is 1. The molecule has 0 radical (unpaired) electrons. The highest BCUT2D eigenvalue weighted by Gasteiger charge is 2.27. The Bertz CT molecular complexity index is 1710. The van der Waals surface area contributed by atoms with Crippen LogP contribution < -0.4 is 14.8 Å². The highest BCUT2D eigenvalue weighted by molar-refractivity contribution is 6.30. The zero-order valence-corrected chi connectivity index (χ0v) is 28.0. The second-order valence-electron chi connectivity index (χ2n) is 12.7. The summed E-state index contributed by atoms with van der Waals surface area (Å²) in [5, 5.41) is 43.3. The minimum absolute atomic E-state index is 0.0485. The summed E-state index contributed by atoms with van der Waals surface area (Å²) >= 11 is 5.89. The second kappa shape index (κ2) is 15.3. The highest BCUT2D eigenvalue weighted by atomic mass is 35.5. The van der Waals surface area contributed by atoms with Gasteiger partial charge in [-0.05, 0) is 87.4 Å². The fourth-order valence-corrected chi connectivity index (χ4v) is 5.62. The average Bonchev–Trinajstić information content (AvgIpc) is 3.29. The molecule has 1 heterocycles. The third-order valence-electron chi connectivity index (χ3n) is 7.98. The molecule has 3 aromatic carbocycles. The molecule has 252 valence electrons. The first-order valence-electron chi connectivity index (χ1n) is 15.4. The van der Waals surface area contributed by atoms with Crippen molar-refractivity contribution in [3.8, 4) is 11.5 Å². The number of ether oxygens (including phenoxy) is 2. The summed E-state index contributed by atoms with van der Waals surface area (Å²) in [6, 6.07) is 17.5. The number of nitrogens with one attached hydrogen (secondary N) is 1. The molecule has 47 heavy (non-hydrogen) atoms. The van der Waals surface area contributed by atoms with E-state index in [4.69, 9.17) is 21.1 Å². The molecule has 1 aliphatic rings. The molecule has 1 unspecified atom stereocenters. The molecule has 11 heteroatoms. The van der Waals surface area contributed by atoms with Crippen molar-refractivity contribution in [2.75, 3.05) is 20.3 Å². The summed E-state index contributed by atoms with van der Waals surface area (Å²) in [5.41, 5.74) is 4.20. The third-order valence-corrected chi connectivity index (χ3v) is 8.23. The Labute approximate surface area is 279 Å². The maximum atomic E-state index is 13.0. The van der Waals surface area contributed by atoms with Crippen LogP contribution in [0.15, 0.2) is 60.7 Å². The van der Waals surface area contributed by atoms with Crippen LogP contribution in [0.4, 0.5) is 0 Å². The van der Waals surface area contributed by atoms with Crippen LogP contribution in [0.2, 0.25) is 5.02 Å². The largest absolute Gasteiger partial charge is 0.497 e. The smallest absolute Gasteiger partial charge is 0.307 e. The van der Waals surface area contributed by atoms with Crippen LogP contribution in [0.25, 0.3) is 10.9 Å². The highest BCUT2D eigenvalue weighted by Crippen LogP contribution is 2.32. The number of hydrogen-bond acceptors (Lipinski definition) is 8. The third kappa shape index (κ3) is 9.12. The van der Waals surface area contributed by atoms with Crippen molar-refractivity contribution in [1.82, 2.24) is 9.88 Å². The molecule has 0 aliphatic heterocycles. The summed E-state index contributed by atoms with van der Waals surface area (Å²) in [6.45, 7) is 8.53. The predicted molar refractivity (Wildman–Crippen MR) is 181 cm³/mol. The van der Waals surface area contributed by atoms with E-state index in [9.17, 15) is 30.0 Å². The van der Waals surface area contributed by atoms with Crippen molar-refractivity contribution in [2.24, 2.45) is 0 Å². The summed E-state index contributed by atoms with van der Waals surface area (Å²) in [6.07, 6.45) is -1.44. The van der Waals surface area contributed by atoms with E-state index < -0.39 is 24.3 Å². The van der Waals surface area contributed by atoms with Crippen LogP contribution >= 0.6 is 11.6 Å². The zero-order valence-electron chi connectivity index (χ0n) is 27.3. The minimum Gasteiger partial charge on any atom is -0.497 e. The first-order chi connectivity index (χ1) is 22.2. The Morgan fingerprint density at radius 3 is 2.36 bits per heavy atom. The molecule has 1 aliphatic carbocycles. The summed E-state index contributed by atoms with van der Waals surface area (Å²) < 4.78 is 12.5. The van der Waals surface area contributed by atoms with Crippen LogP contribution in [0.5, 0.6) is 11.5 Å². The molecule has 3 atom stereocenters. The quantitative estimate of drug-likeness (QED) is 0.173. The number of hydrogen-bond donors (Lipinski definition) is 5. The van der Waals surface area contributed by atoms with Crippen molar-refractivity contribution in [1.29, 1.82) is 0 Å². The second-order valence-corrected chi connectivity index (χ2v) is 13.1. The maximum Gasteiger partial charge on any atom is 0.307 e.